The highest BCUT2D eigenvalue weighted by Gasteiger charge is 2.38. The van der Waals surface area contributed by atoms with E-state index in [1.54, 1.807) is 0 Å². The van der Waals surface area contributed by atoms with Gasteiger partial charge in [-0.1, -0.05) is 6.42 Å². The van der Waals surface area contributed by atoms with Gasteiger partial charge in [-0.05, 0) is 31.1 Å². The molecule has 0 amide bonds. The van der Waals surface area contributed by atoms with Gasteiger partial charge in [0.15, 0.2) is 0 Å². The lowest BCUT2D eigenvalue weighted by Gasteiger charge is -2.22. The highest BCUT2D eigenvalue weighted by atomic mass is 15.1. The van der Waals surface area contributed by atoms with Crippen molar-refractivity contribution in [1.29, 1.82) is 0 Å². The minimum atomic E-state index is 0.777. The summed E-state index contributed by atoms with van der Waals surface area (Å²) in [6.07, 6.45) is 9.64. The molecule has 2 bridgehead atoms. The predicted octanol–water partition coefficient (Wildman–Crippen LogP) is 1.70. The third-order valence-corrected chi connectivity index (χ3v) is 4.20. The Labute approximate surface area is 90.9 Å². The van der Waals surface area contributed by atoms with Gasteiger partial charge in [0.1, 0.15) is 0 Å². The van der Waals surface area contributed by atoms with Crippen LogP contribution in [0.25, 0.3) is 0 Å². The van der Waals surface area contributed by atoms with E-state index >= 15 is 0 Å². The molecule has 15 heavy (non-hydrogen) atoms. The second-order valence-corrected chi connectivity index (χ2v) is 5.16. The van der Waals surface area contributed by atoms with Crippen LogP contribution >= 0.6 is 0 Å². The van der Waals surface area contributed by atoms with Crippen LogP contribution in [0, 0.1) is 11.8 Å². The number of rotatable bonds is 3. The summed E-state index contributed by atoms with van der Waals surface area (Å²) in [5.41, 5.74) is 1.29. The Bertz CT molecular complexity index is 344. The van der Waals surface area contributed by atoms with Crippen LogP contribution in [0.1, 0.15) is 31.4 Å². The van der Waals surface area contributed by atoms with Crippen molar-refractivity contribution < 1.29 is 0 Å². The van der Waals surface area contributed by atoms with Crippen molar-refractivity contribution in [2.75, 3.05) is 0 Å². The van der Waals surface area contributed by atoms with E-state index in [1.165, 1.54) is 31.4 Å². The first-order valence-electron chi connectivity index (χ1n) is 6.01. The Morgan fingerprint density at radius 2 is 2.40 bits per heavy atom. The first-order valence-corrected chi connectivity index (χ1v) is 6.01. The van der Waals surface area contributed by atoms with Crippen LogP contribution in [0.3, 0.4) is 0 Å². The van der Waals surface area contributed by atoms with Gasteiger partial charge in [-0.2, -0.15) is 0 Å². The molecule has 3 heteroatoms. The molecule has 1 N–H and O–H groups in total. The quantitative estimate of drug-likeness (QED) is 0.814. The molecule has 0 radical (unpaired) electrons. The van der Waals surface area contributed by atoms with Crippen LogP contribution in [0.5, 0.6) is 0 Å². The van der Waals surface area contributed by atoms with Gasteiger partial charge in [-0.3, -0.25) is 0 Å². The minimum absolute atomic E-state index is 0.777. The number of hydrogen-bond donors (Lipinski definition) is 1. The molecular weight excluding hydrogens is 186 g/mol. The molecule has 1 aromatic heterocycles. The maximum absolute atomic E-state index is 4.14. The monoisotopic (exact) mass is 205 g/mol. The Morgan fingerprint density at radius 1 is 1.47 bits per heavy atom. The Hall–Kier alpha value is -0.830. The number of nitrogens with one attached hydrogen (secondary N) is 1. The number of hydrogen-bond acceptors (Lipinski definition) is 2. The second kappa shape index (κ2) is 3.63. The Kier molecular flexibility index (Phi) is 2.28. The van der Waals surface area contributed by atoms with Crippen molar-refractivity contribution >= 4 is 0 Å². The standard InChI is InChI=1S/C12H19N3/c1-15-8-13-6-11(15)7-14-12-5-9-2-3-10(12)4-9/h6,8-10,12,14H,2-5,7H2,1H3. The Morgan fingerprint density at radius 3 is 3.00 bits per heavy atom. The van der Waals surface area contributed by atoms with Crippen molar-refractivity contribution in [3.05, 3.63) is 18.2 Å². The molecule has 0 aliphatic heterocycles. The summed E-state index contributed by atoms with van der Waals surface area (Å²) >= 11 is 0. The fourth-order valence-electron chi connectivity index (χ4n) is 3.29. The third kappa shape index (κ3) is 1.69. The van der Waals surface area contributed by atoms with Crippen LogP contribution in [-0.2, 0) is 13.6 Å². The van der Waals surface area contributed by atoms with E-state index in [1.807, 2.05) is 12.5 Å². The number of nitrogens with zero attached hydrogens (tertiary/aromatic N) is 2. The summed E-state index contributed by atoms with van der Waals surface area (Å²) in [7, 11) is 2.06. The molecule has 2 fully saturated rings. The summed E-state index contributed by atoms with van der Waals surface area (Å²) in [6.45, 7) is 0.977. The summed E-state index contributed by atoms with van der Waals surface area (Å²) in [6, 6.07) is 0.777. The normalized spacial score (nSPS) is 33.8. The van der Waals surface area contributed by atoms with Crippen molar-refractivity contribution in [1.82, 2.24) is 14.9 Å². The van der Waals surface area contributed by atoms with Gasteiger partial charge in [-0.15, -0.1) is 0 Å². The molecular formula is C12H19N3. The molecule has 1 heterocycles. The fourth-order valence-corrected chi connectivity index (χ4v) is 3.29. The molecule has 0 spiro atoms. The van der Waals surface area contributed by atoms with Crippen LogP contribution in [0.4, 0.5) is 0 Å². The Balaban J connectivity index is 1.57. The van der Waals surface area contributed by atoms with Crippen LogP contribution in [0.15, 0.2) is 12.5 Å². The SMILES string of the molecule is Cn1cncc1CNC1CC2CCC1C2. The van der Waals surface area contributed by atoms with Crippen LogP contribution in [0.2, 0.25) is 0 Å². The molecule has 0 aromatic carbocycles. The second-order valence-electron chi connectivity index (χ2n) is 5.16. The van der Waals surface area contributed by atoms with Crippen LogP contribution in [-0.4, -0.2) is 15.6 Å². The van der Waals surface area contributed by atoms with E-state index in [-0.39, 0.29) is 0 Å². The summed E-state index contributed by atoms with van der Waals surface area (Å²) in [5.74, 6) is 1.99. The molecule has 2 aliphatic carbocycles. The van der Waals surface area contributed by atoms with Crippen molar-refractivity contribution in [3.63, 3.8) is 0 Å². The maximum atomic E-state index is 4.14. The molecule has 2 aliphatic rings. The van der Waals surface area contributed by atoms with Crippen LogP contribution < -0.4 is 5.32 Å². The number of aromatic nitrogens is 2. The molecule has 3 atom stereocenters. The van der Waals surface area contributed by atoms with Crippen molar-refractivity contribution in [2.45, 2.75) is 38.3 Å². The lowest BCUT2D eigenvalue weighted by atomic mass is 9.95. The predicted molar refractivity (Wildman–Crippen MR) is 59.3 cm³/mol. The van der Waals surface area contributed by atoms with E-state index in [2.05, 4.69) is 21.9 Å². The molecule has 3 rings (SSSR count). The third-order valence-electron chi connectivity index (χ3n) is 4.20. The highest BCUT2D eigenvalue weighted by Crippen LogP contribution is 2.44. The molecule has 2 saturated carbocycles. The first kappa shape index (κ1) is 9.40. The van der Waals surface area contributed by atoms with Gasteiger partial charge < -0.3 is 9.88 Å². The fraction of sp³-hybridized carbons (Fsp3) is 0.750. The van der Waals surface area contributed by atoms with Gasteiger partial charge in [0, 0.05) is 25.8 Å². The number of fused-ring (bicyclic) bond motifs is 2. The lowest BCUT2D eigenvalue weighted by molar-refractivity contribution is 0.348. The lowest BCUT2D eigenvalue weighted by Crippen LogP contribution is -2.33. The zero-order valence-electron chi connectivity index (χ0n) is 9.32. The van der Waals surface area contributed by atoms with Gasteiger partial charge in [0.25, 0.3) is 0 Å². The molecule has 1 aromatic rings. The van der Waals surface area contributed by atoms with E-state index < -0.39 is 0 Å². The molecule has 3 nitrogen and oxygen atoms in total. The van der Waals surface area contributed by atoms with Crippen molar-refractivity contribution in [3.8, 4) is 0 Å². The zero-order chi connectivity index (χ0) is 10.3. The molecule has 3 unspecified atom stereocenters. The summed E-state index contributed by atoms with van der Waals surface area (Å²) < 4.78 is 2.10. The van der Waals surface area contributed by atoms with E-state index in [0.29, 0.717) is 0 Å². The average molecular weight is 205 g/mol. The summed E-state index contributed by atoms with van der Waals surface area (Å²) in [5, 5.41) is 3.70. The highest BCUT2D eigenvalue weighted by molar-refractivity contribution is 5.00. The molecule has 0 saturated heterocycles. The topological polar surface area (TPSA) is 29.9 Å². The van der Waals surface area contributed by atoms with Gasteiger partial charge in [0.05, 0.1) is 12.0 Å². The van der Waals surface area contributed by atoms with Gasteiger partial charge in [-0.25, -0.2) is 4.98 Å². The molecule has 82 valence electrons. The smallest absolute Gasteiger partial charge is 0.0945 e. The van der Waals surface area contributed by atoms with Gasteiger partial charge in [0.2, 0.25) is 0 Å². The van der Waals surface area contributed by atoms with Gasteiger partial charge >= 0.3 is 0 Å². The average Bonchev–Trinajstić information content (AvgIpc) is 2.90. The van der Waals surface area contributed by atoms with E-state index in [0.717, 1.165) is 24.4 Å². The van der Waals surface area contributed by atoms with Crippen molar-refractivity contribution in [2.24, 2.45) is 18.9 Å². The van der Waals surface area contributed by atoms with E-state index in [4.69, 9.17) is 0 Å². The van der Waals surface area contributed by atoms with E-state index in [9.17, 15) is 0 Å². The number of imidazole rings is 1. The largest absolute Gasteiger partial charge is 0.337 e. The maximum Gasteiger partial charge on any atom is 0.0945 e. The number of aryl methyl sites for hydroxylation is 1. The summed E-state index contributed by atoms with van der Waals surface area (Å²) in [4.78, 5) is 4.14. The minimum Gasteiger partial charge on any atom is -0.337 e. The zero-order valence-corrected chi connectivity index (χ0v) is 9.32. The first-order chi connectivity index (χ1) is 7.33.